The van der Waals surface area contributed by atoms with E-state index in [0.29, 0.717) is 6.61 Å². The number of nitrogens with zero attached hydrogens (tertiary/aromatic N) is 1. The first kappa shape index (κ1) is 12.8. The van der Waals surface area contributed by atoms with E-state index >= 15 is 0 Å². The number of oxime groups is 1. The zero-order valence-corrected chi connectivity index (χ0v) is 11.7. The molecule has 2 aromatic carbocycles. The molecule has 18 heavy (non-hydrogen) atoms. The van der Waals surface area contributed by atoms with E-state index in [1.807, 2.05) is 36.4 Å². The fraction of sp³-hybridized carbons (Fsp3) is 0.133. The van der Waals surface area contributed by atoms with Gasteiger partial charge >= 0.3 is 0 Å². The summed E-state index contributed by atoms with van der Waals surface area (Å²) in [5.74, 6) is 0. The molecule has 0 saturated carbocycles. The van der Waals surface area contributed by atoms with Gasteiger partial charge in [0, 0.05) is 4.47 Å². The third kappa shape index (κ3) is 4.00. The second kappa shape index (κ2) is 6.36. The van der Waals surface area contributed by atoms with E-state index in [0.717, 1.165) is 15.6 Å². The lowest BCUT2D eigenvalue weighted by atomic mass is 10.2. The summed E-state index contributed by atoms with van der Waals surface area (Å²) >= 11 is 3.39. The smallest absolute Gasteiger partial charge is 0.142 e. The van der Waals surface area contributed by atoms with Crippen molar-refractivity contribution in [1.29, 1.82) is 0 Å². The van der Waals surface area contributed by atoms with Crippen LogP contribution in [0.5, 0.6) is 0 Å². The highest BCUT2D eigenvalue weighted by atomic mass is 79.9. The predicted molar refractivity (Wildman–Crippen MR) is 77.7 cm³/mol. The van der Waals surface area contributed by atoms with E-state index in [9.17, 15) is 0 Å². The van der Waals surface area contributed by atoms with Gasteiger partial charge in [0.05, 0.1) is 6.21 Å². The molecule has 0 amide bonds. The normalized spacial score (nSPS) is 10.8. The SMILES string of the molecule is Cc1ccc(CON=Cc2ccc(Br)cc2)cc1. The number of hydrogen-bond donors (Lipinski definition) is 0. The molecule has 0 unspecified atom stereocenters. The molecule has 0 N–H and O–H groups in total. The average Bonchev–Trinajstić information content (AvgIpc) is 2.39. The highest BCUT2D eigenvalue weighted by molar-refractivity contribution is 9.10. The van der Waals surface area contributed by atoms with E-state index < -0.39 is 0 Å². The maximum Gasteiger partial charge on any atom is 0.142 e. The quantitative estimate of drug-likeness (QED) is 0.609. The van der Waals surface area contributed by atoms with Crippen LogP contribution in [0.15, 0.2) is 58.2 Å². The molecule has 92 valence electrons. The maximum atomic E-state index is 5.25. The molecule has 0 radical (unpaired) electrons. The minimum absolute atomic E-state index is 0.493. The summed E-state index contributed by atoms with van der Waals surface area (Å²) < 4.78 is 1.06. The van der Waals surface area contributed by atoms with Crippen LogP contribution < -0.4 is 0 Å². The molecule has 0 aliphatic carbocycles. The summed E-state index contributed by atoms with van der Waals surface area (Å²) in [4.78, 5) is 5.25. The van der Waals surface area contributed by atoms with Crippen LogP contribution in [0.2, 0.25) is 0 Å². The van der Waals surface area contributed by atoms with Gasteiger partial charge < -0.3 is 4.84 Å². The molecule has 0 aromatic heterocycles. The summed E-state index contributed by atoms with van der Waals surface area (Å²) in [7, 11) is 0. The van der Waals surface area contributed by atoms with Crippen LogP contribution in [0.1, 0.15) is 16.7 Å². The van der Waals surface area contributed by atoms with Crippen molar-refractivity contribution in [2.75, 3.05) is 0 Å². The van der Waals surface area contributed by atoms with E-state index in [2.05, 4.69) is 40.1 Å². The van der Waals surface area contributed by atoms with Gasteiger partial charge in [0.1, 0.15) is 6.61 Å². The third-order valence-corrected chi connectivity index (χ3v) is 3.03. The average molecular weight is 304 g/mol. The van der Waals surface area contributed by atoms with Gasteiger partial charge in [-0.1, -0.05) is 63.0 Å². The fourth-order valence-electron chi connectivity index (χ4n) is 1.44. The van der Waals surface area contributed by atoms with Gasteiger partial charge in [-0.25, -0.2) is 0 Å². The van der Waals surface area contributed by atoms with E-state index in [4.69, 9.17) is 4.84 Å². The Kier molecular flexibility index (Phi) is 4.53. The van der Waals surface area contributed by atoms with Crippen molar-refractivity contribution >= 4 is 22.1 Å². The molecule has 0 saturated heterocycles. The van der Waals surface area contributed by atoms with E-state index in [1.165, 1.54) is 5.56 Å². The van der Waals surface area contributed by atoms with Crippen molar-refractivity contribution in [3.8, 4) is 0 Å². The molecule has 2 nitrogen and oxygen atoms in total. The first-order chi connectivity index (χ1) is 8.74. The number of halogens is 1. The standard InChI is InChI=1S/C15H14BrNO/c1-12-2-4-14(5-3-12)11-18-17-10-13-6-8-15(16)9-7-13/h2-10H,11H2,1H3. The second-order valence-electron chi connectivity index (χ2n) is 4.05. The Morgan fingerprint density at radius 1 is 1.06 bits per heavy atom. The van der Waals surface area contributed by atoms with Gasteiger partial charge in [0.15, 0.2) is 0 Å². The Morgan fingerprint density at radius 3 is 2.39 bits per heavy atom. The molecule has 0 aliphatic heterocycles. The van der Waals surface area contributed by atoms with Gasteiger partial charge in [-0.15, -0.1) is 0 Å². The fourth-order valence-corrected chi connectivity index (χ4v) is 1.71. The number of aryl methyl sites for hydroxylation is 1. The first-order valence-electron chi connectivity index (χ1n) is 5.70. The minimum atomic E-state index is 0.493. The number of rotatable bonds is 4. The van der Waals surface area contributed by atoms with Crippen LogP contribution >= 0.6 is 15.9 Å². The van der Waals surface area contributed by atoms with Crippen LogP contribution in [0.25, 0.3) is 0 Å². The lowest BCUT2D eigenvalue weighted by Crippen LogP contribution is -1.88. The van der Waals surface area contributed by atoms with Crippen molar-refractivity contribution in [3.63, 3.8) is 0 Å². The summed E-state index contributed by atoms with van der Waals surface area (Å²) in [6, 6.07) is 16.1. The molecule has 0 bridgehead atoms. The van der Waals surface area contributed by atoms with Gasteiger partial charge in [0.2, 0.25) is 0 Å². The monoisotopic (exact) mass is 303 g/mol. The maximum absolute atomic E-state index is 5.25. The van der Waals surface area contributed by atoms with Gasteiger partial charge in [0.25, 0.3) is 0 Å². The Morgan fingerprint density at radius 2 is 1.72 bits per heavy atom. The molecular formula is C15H14BrNO. The topological polar surface area (TPSA) is 21.6 Å². The molecule has 3 heteroatoms. The first-order valence-corrected chi connectivity index (χ1v) is 6.50. The summed E-state index contributed by atoms with van der Waals surface area (Å²) in [5.41, 5.74) is 3.38. The molecule has 0 atom stereocenters. The van der Waals surface area contributed by atoms with Crippen LogP contribution in [0.4, 0.5) is 0 Å². The highest BCUT2D eigenvalue weighted by Gasteiger charge is 1.92. The molecule has 0 spiro atoms. The van der Waals surface area contributed by atoms with Crippen molar-refractivity contribution in [2.24, 2.45) is 5.16 Å². The van der Waals surface area contributed by atoms with Crippen molar-refractivity contribution in [3.05, 3.63) is 69.7 Å². The van der Waals surface area contributed by atoms with Crippen LogP contribution in [-0.4, -0.2) is 6.21 Å². The Hall–Kier alpha value is -1.61. The molecule has 0 heterocycles. The van der Waals surface area contributed by atoms with E-state index in [-0.39, 0.29) is 0 Å². The molecule has 2 rings (SSSR count). The van der Waals surface area contributed by atoms with Crippen LogP contribution in [-0.2, 0) is 11.4 Å². The van der Waals surface area contributed by atoms with Gasteiger partial charge in [-0.2, -0.15) is 0 Å². The van der Waals surface area contributed by atoms with Crippen molar-refractivity contribution in [1.82, 2.24) is 0 Å². The second-order valence-corrected chi connectivity index (χ2v) is 4.96. The summed E-state index contributed by atoms with van der Waals surface area (Å²) in [6.07, 6.45) is 1.71. The Bertz CT molecular complexity index is 517. The lowest BCUT2D eigenvalue weighted by molar-refractivity contribution is 0.132. The minimum Gasteiger partial charge on any atom is -0.391 e. The highest BCUT2D eigenvalue weighted by Crippen LogP contribution is 2.09. The number of hydrogen-bond acceptors (Lipinski definition) is 2. The third-order valence-electron chi connectivity index (χ3n) is 2.50. The van der Waals surface area contributed by atoms with Crippen LogP contribution in [0, 0.1) is 6.92 Å². The largest absolute Gasteiger partial charge is 0.391 e. The summed E-state index contributed by atoms with van der Waals surface area (Å²) in [6.45, 7) is 2.56. The number of benzene rings is 2. The predicted octanol–water partition coefficient (Wildman–Crippen LogP) is 4.31. The molecule has 0 fully saturated rings. The van der Waals surface area contributed by atoms with Crippen molar-refractivity contribution < 1.29 is 4.84 Å². The zero-order valence-electron chi connectivity index (χ0n) is 10.1. The summed E-state index contributed by atoms with van der Waals surface area (Å²) in [5, 5.41) is 3.95. The van der Waals surface area contributed by atoms with E-state index in [1.54, 1.807) is 6.21 Å². The van der Waals surface area contributed by atoms with Crippen molar-refractivity contribution in [2.45, 2.75) is 13.5 Å². The van der Waals surface area contributed by atoms with Gasteiger partial charge in [-0.05, 0) is 30.2 Å². The molecule has 0 aliphatic rings. The molecule has 2 aromatic rings. The van der Waals surface area contributed by atoms with Crippen LogP contribution in [0.3, 0.4) is 0 Å². The Labute approximate surface area is 115 Å². The van der Waals surface area contributed by atoms with Gasteiger partial charge in [-0.3, -0.25) is 0 Å². The zero-order chi connectivity index (χ0) is 12.8. The molecular weight excluding hydrogens is 290 g/mol. The Balaban J connectivity index is 1.84. The lowest BCUT2D eigenvalue weighted by Gasteiger charge is -2.00.